The van der Waals surface area contributed by atoms with Crippen LogP contribution in [0.1, 0.15) is 32.4 Å². The fourth-order valence-corrected chi connectivity index (χ4v) is 1.54. The fraction of sp³-hybridized carbons (Fsp3) is 0.571. The van der Waals surface area contributed by atoms with Gasteiger partial charge in [0.15, 0.2) is 0 Å². The van der Waals surface area contributed by atoms with Gasteiger partial charge < -0.3 is 15.2 Å². The Morgan fingerprint density at radius 3 is 2.24 bits per heavy atom. The lowest BCUT2D eigenvalue weighted by molar-refractivity contribution is 0.120. The van der Waals surface area contributed by atoms with E-state index in [2.05, 4.69) is 12.2 Å². The largest absolute Gasteiger partial charge is 0.497 e. The van der Waals surface area contributed by atoms with E-state index in [-0.39, 0.29) is 18.1 Å². The molecule has 1 rings (SSSR count). The van der Waals surface area contributed by atoms with Gasteiger partial charge in [-0.25, -0.2) is 0 Å². The molecule has 3 heteroatoms. The van der Waals surface area contributed by atoms with Crippen molar-refractivity contribution < 1.29 is 9.84 Å². The number of rotatable bonds is 6. The van der Waals surface area contributed by atoms with Crippen molar-refractivity contribution in [3.63, 3.8) is 0 Å². The smallest absolute Gasteiger partial charge is 0.118 e. The third-order valence-corrected chi connectivity index (χ3v) is 3.02. The normalized spacial score (nSPS) is 14.7. The molecular weight excluding hydrogens is 214 g/mol. The van der Waals surface area contributed by atoms with Gasteiger partial charge in [0.1, 0.15) is 5.75 Å². The van der Waals surface area contributed by atoms with Gasteiger partial charge in [0.05, 0.1) is 13.2 Å². The topological polar surface area (TPSA) is 41.5 Å². The number of methoxy groups -OCH3 is 1. The molecule has 1 aromatic carbocycles. The molecule has 0 saturated heterocycles. The Bertz CT molecular complexity index is 321. The highest BCUT2D eigenvalue weighted by atomic mass is 16.5. The summed E-state index contributed by atoms with van der Waals surface area (Å²) >= 11 is 0. The first-order chi connectivity index (χ1) is 8.04. The minimum Gasteiger partial charge on any atom is -0.497 e. The van der Waals surface area contributed by atoms with Crippen molar-refractivity contribution in [2.45, 2.75) is 32.9 Å². The van der Waals surface area contributed by atoms with Gasteiger partial charge in [-0.15, -0.1) is 0 Å². The van der Waals surface area contributed by atoms with Crippen molar-refractivity contribution in [2.24, 2.45) is 5.92 Å². The molecule has 0 aliphatic heterocycles. The van der Waals surface area contributed by atoms with Crippen molar-refractivity contribution >= 4 is 0 Å². The van der Waals surface area contributed by atoms with E-state index in [1.165, 1.54) is 5.56 Å². The molecule has 3 nitrogen and oxygen atoms in total. The number of hydrogen-bond donors (Lipinski definition) is 2. The van der Waals surface area contributed by atoms with E-state index in [1.54, 1.807) is 7.11 Å². The highest BCUT2D eigenvalue weighted by Crippen LogP contribution is 2.17. The van der Waals surface area contributed by atoms with Gasteiger partial charge in [-0.3, -0.25) is 0 Å². The summed E-state index contributed by atoms with van der Waals surface area (Å²) in [6.07, 6.45) is -0.296. The van der Waals surface area contributed by atoms with Crippen LogP contribution in [0.2, 0.25) is 0 Å². The van der Waals surface area contributed by atoms with Gasteiger partial charge in [-0.1, -0.05) is 26.0 Å². The molecular formula is C14H23NO2. The summed E-state index contributed by atoms with van der Waals surface area (Å²) in [7, 11) is 1.66. The van der Waals surface area contributed by atoms with Crippen LogP contribution in [0, 0.1) is 5.92 Å². The van der Waals surface area contributed by atoms with Crippen molar-refractivity contribution in [3.8, 4) is 5.75 Å². The Morgan fingerprint density at radius 2 is 1.76 bits per heavy atom. The van der Waals surface area contributed by atoms with E-state index in [0.29, 0.717) is 6.54 Å². The minimum absolute atomic E-state index is 0.231. The van der Waals surface area contributed by atoms with Crippen LogP contribution in [0.4, 0.5) is 0 Å². The summed E-state index contributed by atoms with van der Waals surface area (Å²) < 4.78 is 5.12. The summed E-state index contributed by atoms with van der Waals surface area (Å²) in [4.78, 5) is 0. The monoisotopic (exact) mass is 237 g/mol. The quantitative estimate of drug-likeness (QED) is 0.798. The SMILES string of the molecule is COc1ccc(C(C)NCC(O)C(C)C)cc1. The van der Waals surface area contributed by atoms with Crippen LogP contribution in [0.25, 0.3) is 0 Å². The van der Waals surface area contributed by atoms with E-state index in [9.17, 15) is 5.11 Å². The lowest BCUT2D eigenvalue weighted by Crippen LogP contribution is -2.32. The summed E-state index contributed by atoms with van der Waals surface area (Å²) in [6.45, 7) is 6.74. The molecule has 0 fully saturated rings. The summed E-state index contributed by atoms with van der Waals surface area (Å²) in [6, 6.07) is 8.21. The molecule has 17 heavy (non-hydrogen) atoms. The predicted octanol–water partition coefficient (Wildman–Crippen LogP) is 2.36. The van der Waals surface area contributed by atoms with Gasteiger partial charge in [-0.05, 0) is 30.5 Å². The third-order valence-electron chi connectivity index (χ3n) is 3.02. The summed E-state index contributed by atoms with van der Waals surface area (Å²) in [5.41, 5.74) is 1.20. The average molecular weight is 237 g/mol. The molecule has 0 spiro atoms. The Morgan fingerprint density at radius 1 is 1.18 bits per heavy atom. The van der Waals surface area contributed by atoms with Crippen molar-refractivity contribution in [1.82, 2.24) is 5.32 Å². The lowest BCUT2D eigenvalue weighted by atomic mass is 10.1. The molecule has 0 heterocycles. The Balaban J connectivity index is 2.48. The van der Waals surface area contributed by atoms with Gasteiger partial charge in [0.2, 0.25) is 0 Å². The standard InChI is InChI=1S/C14H23NO2/c1-10(2)14(16)9-15-11(3)12-5-7-13(17-4)8-6-12/h5-8,10-11,14-16H,9H2,1-4H3. The maximum Gasteiger partial charge on any atom is 0.118 e. The number of ether oxygens (including phenoxy) is 1. The van der Waals surface area contributed by atoms with Crippen LogP contribution in [0.3, 0.4) is 0 Å². The van der Waals surface area contributed by atoms with Crippen molar-refractivity contribution in [3.05, 3.63) is 29.8 Å². The summed E-state index contributed by atoms with van der Waals surface area (Å²) in [5, 5.41) is 13.0. The maximum absolute atomic E-state index is 9.72. The van der Waals surface area contributed by atoms with E-state index >= 15 is 0 Å². The lowest BCUT2D eigenvalue weighted by Gasteiger charge is -2.19. The van der Waals surface area contributed by atoms with Crippen molar-refractivity contribution in [1.29, 1.82) is 0 Å². The molecule has 0 aromatic heterocycles. The zero-order chi connectivity index (χ0) is 12.8. The fourth-order valence-electron chi connectivity index (χ4n) is 1.54. The molecule has 0 aliphatic rings. The maximum atomic E-state index is 9.72. The Labute approximate surface area is 104 Å². The zero-order valence-electron chi connectivity index (χ0n) is 11.1. The highest BCUT2D eigenvalue weighted by Gasteiger charge is 2.11. The number of benzene rings is 1. The van der Waals surface area contributed by atoms with Gasteiger partial charge in [0.25, 0.3) is 0 Å². The van der Waals surface area contributed by atoms with Crippen LogP contribution < -0.4 is 10.1 Å². The first-order valence-corrected chi connectivity index (χ1v) is 6.10. The Hall–Kier alpha value is -1.06. The minimum atomic E-state index is -0.296. The molecule has 2 atom stereocenters. The molecule has 0 aliphatic carbocycles. The molecule has 1 aromatic rings. The second-order valence-corrected chi connectivity index (χ2v) is 4.71. The highest BCUT2D eigenvalue weighted by molar-refractivity contribution is 5.28. The second-order valence-electron chi connectivity index (χ2n) is 4.71. The second kappa shape index (κ2) is 6.62. The van der Waals surface area contributed by atoms with Gasteiger partial charge >= 0.3 is 0 Å². The van der Waals surface area contributed by atoms with Crippen LogP contribution >= 0.6 is 0 Å². The predicted molar refractivity (Wildman–Crippen MR) is 70.3 cm³/mol. The van der Waals surface area contributed by atoms with Gasteiger partial charge in [-0.2, -0.15) is 0 Å². The number of aliphatic hydroxyl groups excluding tert-OH is 1. The molecule has 2 N–H and O–H groups in total. The van der Waals surface area contributed by atoms with E-state index in [0.717, 1.165) is 5.75 Å². The molecule has 0 bridgehead atoms. The summed E-state index contributed by atoms with van der Waals surface area (Å²) in [5.74, 6) is 1.15. The molecule has 0 saturated carbocycles. The average Bonchev–Trinajstić information content (AvgIpc) is 2.35. The zero-order valence-corrected chi connectivity index (χ0v) is 11.1. The molecule has 0 radical (unpaired) electrons. The number of nitrogens with one attached hydrogen (secondary N) is 1. The molecule has 0 amide bonds. The van der Waals surface area contributed by atoms with E-state index in [1.807, 2.05) is 38.1 Å². The van der Waals surface area contributed by atoms with E-state index in [4.69, 9.17) is 4.74 Å². The van der Waals surface area contributed by atoms with Crippen molar-refractivity contribution in [2.75, 3.05) is 13.7 Å². The number of aliphatic hydroxyl groups is 1. The van der Waals surface area contributed by atoms with E-state index < -0.39 is 0 Å². The molecule has 96 valence electrons. The first kappa shape index (κ1) is 14.0. The van der Waals surface area contributed by atoms with Crippen LogP contribution in [-0.4, -0.2) is 24.9 Å². The number of hydrogen-bond acceptors (Lipinski definition) is 3. The van der Waals surface area contributed by atoms with Gasteiger partial charge in [0, 0.05) is 12.6 Å². The van der Waals surface area contributed by atoms with Crippen LogP contribution in [0.5, 0.6) is 5.75 Å². The van der Waals surface area contributed by atoms with Crippen LogP contribution in [-0.2, 0) is 0 Å². The van der Waals surface area contributed by atoms with Crippen LogP contribution in [0.15, 0.2) is 24.3 Å². The first-order valence-electron chi connectivity index (χ1n) is 6.10. The molecule has 2 unspecified atom stereocenters. The Kier molecular flexibility index (Phi) is 5.45. The third kappa shape index (κ3) is 4.36.